The lowest BCUT2D eigenvalue weighted by Gasteiger charge is -2.25. The molecule has 12 nitrogen and oxygen atoms in total. The van der Waals surface area contributed by atoms with E-state index in [1.165, 1.54) is 9.80 Å². The van der Waals surface area contributed by atoms with Crippen LogP contribution in [0, 0.1) is 0 Å². The number of benzene rings is 6. The largest absolute Gasteiger partial charge is 0.508 e. The summed E-state index contributed by atoms with van der Waals surface area (Å²) in [4.78, 5) is 28.1. The van der Waals surface area contributed by atoms with Crippen LogP contribution in [-0.2, 0) is 9.47 Å². The number of phenols is 1. The fraction of sp³-hybridized carbons (Fsp3) is 0.156. The number of methoxy groups -OCH3 is 1. The standard InChI is InChI=1S/C23H20ClNO5.C22H18ClNO5.BBr3/c1-28-20-4-2-3-15(13-20)22-21(14-26)30-23(27)25(22)17-7-11-19(12-8-17)29-18-9-5-16(24)6-10-18;23-15-4-8-18(9-5-15)28-19-10-6-16(7-11-19)24-21(20(13-25)29-22(24)27)14-2-1-3-17(26)12-14;2-1(3)4/h2-13,21-22,26H,14H2,1H3;1-12,20-21,25-26H,13H2;/t21-,22-;20-,21-;/m00./s1. The van der Waals surface area contributed by atoms with Crippen molar-refractivity contribution in [1.82, 2.24) is 0 Å². The van der Waals surface area contributed by atoms with E-state index in [1.54, 1.807) is 128 Å². The lowest BCUT2D eigenvalue weighted by Crippen LogP contribution is -2.30. The molecule has 0 unspecified atom stereocenters. The van der Waals surface area contributed by atoms with Crippen LogP contribution in [0.4, 0.5) is 21.0 Å². The highest BCUT2D eigenvalue weighted by Gasteiger charge is 2.44. The van der Waals surface area contributed by atoms with Gasteiger partial charge in [-0.15, -0.1) is 47.3 Å². The Bertz CT molecular complexity index is 2440. The molecule has 6 aromatic rings. The van der Waals surface area contributed by atoms with Crippen molar-refractivity contribution in [3.05, 3.63) is 167 Å². The summed E-state index contributed by atoms with van der Waals surface area (Å²) in [6.07, 6.45) is -2.51. The Morgan fingerprint density at radius 3 is 1.30 bits per heavy atom. The Morgan fingerprint density at radius 1 is 0.571 bits per heavy atom. The molecule has 2 heterocycles. The van der Waals surface area contributed by atoms with Crippen molar-refractivity contribution in [3.63, 3.8) is 0 Å². The van der Waals surface area contributed by atoms with E-state index in [-0.39, 0.29) is 22.1 Å². The molecule has 4 atom stereocenters. The number of carbonyl (C=O) groups is 2. The van der Waals surface area contributed by atoms with E-state index in [0.29, 0.717) is 55.7 Å². The van der Waals surface area contributed by atoms with E-state index in [9.17, 15) is 24.9 Å². The monoisotopic (exact) mass is 1080 g/mol. The number of aliphatic hydroxyl groups is 2. The lowest BCUT2D eigenvalue weighted by molar-refractivity contribution is 0.0827. The zero-order chi connectivity index (χ0) is 45.0. The first kappa shape index (κ1) is 47.5. The third-order valence-electron chi connectivity index (χ3n) is 9.49. The number of phenolic OH excluding ortho intramolecular Hbond substituents is 1. The predicted octanol–water partition coefficient (Wildman–Crippen LogP) is 12.3. The van der Waals surface area contributed by atoms with Gasteiger partial charge in [-0.3, -0.25) is 9.80 Å². The van der Waals surface area contributed by atoms with Gasteiger partial charge in [0, 0.05) is 21.4 Å². The van der Waals surface area contributed by atoms with Crippen LogP contribution in [0.5, 0.6) is 34.5 Å². The van der Waals surface area contributed by atoms with E-state index in [1.807, 2.05) is 24.3 Å². The Morgan fingerprint density at radius 2 is 0.937 bits per heavy atom. The van der Waals surface area contributed by atoms with Gasteiger partial charge in [0.2, 0.25) is 0 Å². The summed E-state index contributed by atoms with van der Waals surface area (Å²) in [7, 11) is 1.58. The third kappa shape index (κ3) is 12.6. The molecule has 0 aliphatic carbocycles. The van der Waals surface area contributed by atoms with E-state index in [2.05, 4.69) is 47.3 Å². The number of anilines is 2. The van der Waals surface area contributed by atoms with Crippen LogP contribution >= 0.6 is 70.5 Å². The van der Waals surface area contributed by atoms with Crippen molar-refractivity contribution in [1.29, 1.82) is 0 Å². The maximum atomic E-state index is 12.6. The SMILES string of the molecule is BrB(Br)Br.COc1cccc([C@H]2[C@H](CO)OC(=O)N2c2ccc(Oc3ccc(Cl)cc3)cc2)c1.O=C1O[C@@H](CO)[C@H](c2cccc(O)c2)N1c1ccc(Oc2ccc(Cl)cc2)cc1. The van der Waals surface area contributed by atoms with Gasteiger partial charge in [0.05, 0.1) is 20.3 Å². The van der Waals surface area contributed by atoms with Crippen molar-refractivity contribution in [2.75, 3.05) is 30.1 Å². The van der Waals surface area contributed by atoms with Gasteiger partial charge in [0.15, 0.2) is 12.2 Å². The highest BCUT2D eigenvalue weighted by atomic mass is 79.9. The number of amides is 2. The van der Waals surface area contributed by atoms with Crippen LogP contribution in [0.25, 0.3) is 0 Å². The molecule has 3 N–H and O–H groups in total. The Hall–Kier alpha value is -4.94. The second kappa shape index (κ2) is 22.6. The quantitative estimate of drug-likeness (QED) is 0.107. The van der Waals surface area contributed by atoms with Gasteiger partial charge in [-0.1, -0.05) is 47.5 Å². The molecule has 2 aliphatic rings. The number of ether oxygens (including phenoxy) is 5. The first-order valence-electron chi connectivity index (χ1n) is 19.0. The number of carbonyl (C=O) groups excluding carboxylic acids is 2. The molecule has 6 aromatic carbocycles. The van der Waals surface area contributed by atoms with Gasteiger partial charge >= 0.3 is 15.4 Å². The molecule has 2 aliphatic heterocycles. The number of aromatic hydroxyl groups is 1. The van der Waals surface area contributed by atoms with Gasteiger partial charge < -0.3 is 39.0 Å². The molecule has 63 heavy (non-hydrogen) atoms. The van der Waals surface area contributed by atoms with Crippen LogP contribution in [0.3, 0.4) is 0 Å². The number of hydrogen-bond acceptors (Lipinski definition) is 10. The summed E-state index contributed by atoms with van der Waals surface area (Å²) in [5.74, 6) is 3.24. The summed E-state index contributed by atoms with van der Waals surface area (Å²) < 4.78 is 27.9. The van der Waals surface area contributed by atoms with Crippen molar-refractivity contribution >= 4 is 97.2 Å². The number of rotatable bonds is 11. The predicted molar refractivity (Wildman–Crippen MR) is 255 cm³/mol. The molecule has 0 radical (unpaired) electrons. The minimum Gasteiger partial charge on any atom is -0.508 e. The molecule has 18 heteroatoms. The Labute approximate surface area is 398 Å². The normalized spacial score (nSPS) is 17.7. The van der Waals surface area contributed by atoms with Crippen molar-refractivity contribution < 1.29 is 48.6 Å². The minimum absolute atomic E-state index is 0.0743. The summed E-state index contributed by atoms with van der Waals surface area (Å²) in [5.41, 5.74) is 2.69. The molecule has 8 rings (SSSR count). The lowest BCUT2D eigenvalue weighted by atomic mass is 10.00. The number of hydrogen-bond donors (Lipinski definition) is 3. The molecule has 2 saturated heterocycles. The van der Waals surface area contributed by atoms with E-state index >= 15 is 0 Å². The molecule has 0 aromatic heterocycles. The maximum absolute atomic E-state index is 12.6. The number of halogens is 5. The van der Waals surface area contributed by atoms with Crippen LogP contribution in [0.15, 0.2) is 146 Å². The van der Waals surface area contributed by atoms with Gasteiger partial charge in [0.1, 0.15) is 46.6 Å². The zero-order valence-corrected chi connectivity index (χ0v) is 39.4. The number of nitrogens with zero attached hydrogens (tertiary/aromatic N) is 2. The molecular weight excluding hydrogens is 1050 g/mol. The summed E-state index contributed by atoms with van der Waals surface area (Å²) in [6.45, 7) is -0.623. The average molecular weight is 1090 g/mol. The van der Waals surface area contributed by atoms with Gasteiger partial charge in [0.25, 0.3) is 0 Å². The fourth-order valence-corrected chi connectivity index (χ4v) is 7.01. The van der Waals surface area contributed by atoms with E-state index in [0.717, 1.165) is 5.56 Å². The smallest absolute Gasteiger partial charge is 0.415 e. The number of aliphatic hydroxyl groups excluding tert-OH is 2. The highest BCUT2D eigenvalue weighted by molar-refractivity contribution is 9.69. The first-order valence-corrected chi connectivity index (χ1v) is 22.5. The van der Waals surface area contributed by atoms with Crippen molar-refractivity contribution in [3.8, 4) is 34.5 Å². The summed E-state index contributed by atoms with van der Waals surface area (Å²) in [5, 5.41) is 30.5. The first-order chi connectivity index (χ1) is 30.4. The van der Waals surface area contributed by atoms with Crippen molar-refractivity contribution in [2.45, 2.75) is 24.3 Å². The second-order valence-corrected chi connectivity index (χ2v) is 20.9. The zero-order valence-electron chi connectivity index (χ0n) is 33.1. The van der Waals surface area contributed by atoms with Crippen molar-refractivity contribution in [2.24, 2.45) is 0 Å². The van der Waals surface area contributed by atoms with Crippen LogP contribution < -0.4 is 24.0 Å². The maximum Gasteiger partial charge on any atom is 0.415 e. The Balaban J connectivity index is 0.000000194. The van der Waals surface area contributed by atoms with Gasteiger partial charge in [-0.25, -0.2) is 9.59 Å². The Kier molecular flexibility index (Phi) is 17.1. The highest BCUT2D eigenvalue weighted by Crippen LogP contribution is 2.41. The molecule has 2 amide bonds. The van der Waals surface area contributed by atoms with Crippen LogP contribution in [-0.4, -0.2) is 63.2 Å². The molecule has 0 spiro atoms. The average Bonchev–Trinajstić information content (AvgIpc) is 3.81. The minimum atomic E-state index is -0.741. The van der Waals surface area contributed by atoms with E-state index in [4.69, 9.17) is 46.9 Å². The van der Waals surface area contributed by atoms with Crippen LogP contribution in [0.2, 0.25) is 10.0 Å². The topological polar surface area (TPSA) is 147 Å². The molecule has 326 valence electrons. The fourth-order valence-electron chi connectivity index (χ4n) is 6.76. The van der Waals surface area contributed by atoms with E-state index < -0.39 is 36.5 Å². The molecule has 0 bridgehead atoms. The van der Waals surface area contributed by atoms with Gasteiger partial charge in [-0.05, 0) is 132 Å². The third-order valence-corrected chi connectivity index (χ3v) is 10.00. The molecular formula is C45H38BBr3Cl2N2O10. The summed E-state index contributed by atoms with van der Waals surface area (Å²) in [6, 6.07) is 41.0. The number of cyclic esters (lactones) is 2. The molecule has 2 fully saturated rings. The summed E-state index contributed by atoms with van der Waals surface area (Å²) >= 11 is 21.1. The van der Waals surface area contributed by atoms with Crippen LogP contribution in [0.1, 0.15) is 23.2 Å². The molecule has 0 saturated carbocycles. The second-order valence-electron chi connectivity index (χ2n) is 13.6. The van der Waals surface area contributed by atoms with Gasteiger partial charge in [-0.2, -0.15) is 0 Å².